The van der Waals surface area contributed by atoms with Crippen LogP contribution in [0.1, 0.15) is 55.7 Å². The minimum absolute atomic E-state index is 0.120. The molecule has 1 heterocycles. The van der Waals surface area contributed by atoms with Crippen LogP contribution in [0, 0.1) is 0 Å². The Hall–Kier alpha value is -3.14. The summed E-state index contributed by atoms with van der Waals surface area (Å²) in [6, 6.07) is 17.9. The molecule has 1 atom stereocenters. The van der Waals surface area contributed by atoms with Crippen molar-refractivity contribution in [3.8, 4) is 0 Å². The smallest absolute Gasteiger partial charge is 0.337 e. The van der Waals surface area contributed by atoms with Crippen molar-refractivity contribution < 1.29 is 14.3 Å². The van der Waals surface area contributed by atoms with E-state index in [-0.39, 0.29) is 24.3 Å². The van der Waals surface area contributed by atoms with E-state index in [9.17, 15) is 9.59 Å². The highest BCUT2D eigenvalue weighted by atomic mass is 16.5. The first-order chi connectivity index (χ1) is 14.6. The summed E-state index contributed by atoms with van der Waals surface area (Å²) < 4.78 is 5.68. The number of ketones is 1. The first-order valence-corrected chi connectivity index (χ1v) is 10.6. The van der Waals surface area contributed by atoms with E-state index in [4.69, 9.17) is 4.74 Å². The minimum atomic E-state index is -0.386. The molecule has 0 amide bonds. The summed E-state index contributed by atoms with van der Waals surface area (Å²) in [7, 11) is 0. The number of Topliss-reactive ketones (excluding diaryl/α,β-unsaturated/α-hetero) is 1. The summed E-state index contributed by atoms with van der Waals surface area (Å²) in [4.78, 5) is 26.1. The average molecular weight is 402 g/mol. The standard InChI is InChI=1S/C26H27NO3/c1-3-18-12-14-20(15-13-18)24-23(26(29)30-16-19-8-5-4-6-9-19)17(2)27-21-10-7-11-22(28)25(21)24/h4-6,8-9,12-15,24,27H,3,7,10-11,16H2,1-2H3. The number of hydrogen-bond donors (Lipinski definition) is 1. The number of esters is 1. The summed E-state index contributed by atoms with van der Waals surface area (Å²) in [6.07, 6.45) is 3.14. The predicted octanol–water partition coefficient (Wildman–Crippen LogP) is 4.96. The number of carbonyl (C=O) groups is 2. The number of nitrogens with one attached hydrogen (secondary N) is 1. The molecule has 0 radical (unpaired) electrons. The zero-order chi connectivity index (χ0) is 21.1. The fraction of sp³-hybridized carbons (Fsp3) is 0.308. The highest BCUT2D eigenvalue weighted by Gasteiger charge is 2.39. The zero-order valence-electron chi connectivity index (χ0n) is 17.5. The average Bonchev–Trinajstić information content (AvgIpc) is 2.77. The van der Waals surface area contributed by atoms with Crippen LogP contribution >= 0.6 is 0 Å². The number of aryl methyl sites for hydroxylation is 1. The van der Waals surface area contributed by atoms with E-state index in [2.05, 4.69) is 24.4 Å². The molecule has 0 spiro atoms. The number of dihydropyridines is 1. The Morgan fingerprint density at radius 3 is 2.47 bits per heavy atom. The predicted molar refractivity (Wildman–Crippen MR) is 117 cm³/mol. The molecule has 154 valence electrons. The Kier molecular flexibility index (Phi) is 5.84. The minimum Gasteiger partial charge on any atom is -0.457 e. The van der Waals surface area contributed by atoms with Gasteiger partial charge in [0.1, 0.15) is 6.61 Å². The van der Waals surface area contributed by atoms with Gasteiger partial charge in [-0.25, -0.2) is 4.79 Å². The van der Waals surface area contributed by atoms with E-state index in [0.29, 0.717) is 12.0 Å². The summed E-state index contributed by atoms with van der Waals surface area (Å²) in [5, 5.41) is 3.34. The first-order valence-electron chi connectivity index (χ1n) is 10.6. The fourth-order valence-corrected chi connectivity index (χ4v) is 4.33. The first kappa shape index (κ1) is 20.1. The molecule has 0 saturated heterocycles. The van der Waals surface area contributed by atoms with Gasteiger partial charge in [0.15, 0.2) is 5.78 Å². The SMILES string of the molecule is CCc1ccc(C2C(C(=O)OCc3ccccc3)=C(C)NC3=C2C(=O)CCC3)cc1. The highest BCUT2D eigenvalue weighted by Crippen LogP contribution is 2.42. The van der Waals surface area contributed by atoms with Crippen molar-refractivity contribution in [1.82, 2.24) is 5.32 Å². The van der Waals surface area contributed by atoms with Crippen LogP contribution in [0.5, 0.6) is 0 Å². The Labute approximate surface area is 177 Å². The van der Waals surface area contributed by atoms with Crippen LogP contribution in [-0.4, -0.2) is 11.8 Å². The van der Waals surface area contributed by atoms with Crippen molar-refractivity contribution in [1.29, 1.82) is 0 Å². The lowest BCUT2D eigenvalue weighted by Gasteiger charge is -2.34. The van der Waals surface area contributed by atoms with Crippen molar-refractivity contribution in [2.24, 2.45) is 0 Å². The number of allylic oxidation sites excluding steroid dienone is 3. The molecular formula is C26H27NO3. The van der Waals surface area contributed by atoms with Crippen LogP contribution in [-0.2, 0) is 27.4 Å². The number of carbonyl (C=O) groups excluding carboxylic acids is 2. The summed E-state index contributed by atoms with van der Waals surface area (Å²) in [6.45, 7) is 4.22. The van der Waals surface area contributed by atoms with Crippen molar-refractivity contribution in [2.75, 3.05) is 0 Å². The van der Waals surface area contributed by atoms with Gasteiger partial charge in [0.2, 0.25) is 0 Å². The molecule has 1 N–H and O–H groups in total. The van der Waals surface area contributed by atoms with E-state index in [0.717, 1.165) is 47.4 Å². The number of benzene rings is 2. The molecule has 1 aliphatic carbocycles. The van der Waals surface area contributed by atoms with E-state index in [1.165, 1.54) is 5.56 Å². The maximum atomic E-state index is 13.2. The van der Waals surface area contributed by atoms with Crippen molar-refractivity contribution in [2.45, 2.75) is 52.1 Å². The maximum absolute atomic E-state index is 13.2. The van der Waals surface area contributed by atoms with Gasteiger partial charge in [-0.05, 0) is 42.9 Å². The molecule has 30 heavy (non-hydrogen) atoms. The highest BCUT2D eigenvalue weighted by molar-refractivity contribution is 6.03. The lowest BCUT2D eigenvalue weighted by atomic mass is 9.75. The van der Waals surface area contributed by atoms with E-state index < -0.39 is 0 Å². The van der Waals surface area contributed by atoms with Crippen LogP contribution in [0.25, 0.3) is 0 Å². The summed E-state index contributed by atoms with van der Waals surface area (Å²) in [5.41, 5.74) is 6.10. The molecule has 4 heteroatoms. The number of rotatable bonds is 5. The Morgan fingerprint density at radius 1 is 1.03 bits per heavy atom. The van der Waals surface area contributed by atoms with Crippen molar-refractivity contribution in [3.05, 3.63) is 93.8 Å². The number of hydrogen-bond acceptors (Lipinski definition) is 4. The van der Waals surface area contributed by atoms with E-state index in [1.54, 1.807) is 0 Å². The maximum Gasteiger partial charge on any atom is 0.337 e. The molecule has 2 aliphatic rings. The molecule has 0 saturated carbocycles. The molecule has 1 unspecified atom stereocenters. The second-order valence-electron chi connectivity index (χ2n) is 7.92. The lowest BCUT2D eigenvalue weighted by molar-refractivity contribution is -0.140. The molecule has 0 aromatic heterocycles. The van der Waals surface area contributed by atoms with Crippen LogP contribution in [0.2, 0.25) is 0 Å². The molecule has 0 fully saturated rings. The van der Waals surface area contributed by atoms with Crippen LogP contribution < -0.4 is 5.32 Å². The van der Waals surface area contributed by atoms with E-state index in [1.807, 2.05) is 49.4 Å². The van der Waals surface area contributed by atoms with Crippen LogP contribution in [0.3, 0.4) is 0 Å². The molecule has 0 bridgehead atoms. The third-order valence-electron chi connectivity index (χ3n) is 5.93. The van der Waals surface area contributed by atoms with Gasteiger partial charge >= 0.3 is 5.97 Å². The Morgan fingerprint density at radius 2 is 1.77 bits per heavy atom. The fourth-order valence-electron chi connectivity index (χ4n) is 4.33. The normalized spacial score (nSPS) is 18.7. The third-order valence-corrected chi connectivity index (χ3v) is 5.93. The van der Waals surface area contributed by atoms with Gasteiger partial charge in [-0.3, -0.25) is 4.79 Å². The molecular weight excluding hydrogens is 374 g/mol. The van der Waals surface area contributed by atoms with Crippen molar-refractivity contribution >= 4 is 11.8 Å². The topological polar surface area (TPSA) is 55.4 Å². The van der Waals surface area contributed by atoms with Crippen LogP contribution in [0.15, 0.2) is 77.1 Å². The molecule has 4 nitrogen and oxygen atoms in total. The van der Waals surface area contributed by atoms with Gasteiger partial charge in [-0.15, -0.1) is 0 Å². The van der Waals surface area contributed by atoms with Crippen LogP contribution in [0.4, 0.5) is 0 Å². The third kappa shape index (κ3) is 3.95. The van der Waals surface area contributed by atoms with Gasteiger partial charge in [0.25, 0.3) is 0 Å². The molecule has 1 aliphatic heterocycles. The summed E-state index contributed by atoms with van der Waals surface area (Å²) >= 11 is 0. The lowest BCUT2D eigenvalue weighted by Crippen LogP contribution is -2.34. The molecule has 2 aromatic rings. The van der Waals surface area contributed by atoms with Gasteiger partial charge < -0.3 is 10.1 Å². The zero-order valence-corrected chi connectivity index (χ0v) is 17.5. The quantitative estimate of drug-likeness (QED) is 0.720. The van der Waals surface area contributed by atoms with Gasteiger partial charge in [0.05, 0.1) is 5.57 Å². The Balaban J connectivity index is 1.70. The second-order valence-corrected chi connectivity index (χ2v) is 7.92. The Bertz CT molecular complexity index is 1020. The largest absolute Gasteiger partial charge is 0.457 e. The van der Waals surface area contributed by atoms with Gasteiger partial charge in [-0.1, -0.05) is 61.5 Å². The van der Waals surface area contributed by atoms with E-state index >= 15 is 0 Å². The van der Waals surface area contributed by atoms with Crippen molar-refractivity contribution in [3.63, 3.8) is 0 Å². The molecule has 4 rings (SSSR count). The second kappa shape index (κ2) is 8.70. The monoisotopic (exact) mass is 401 g/mol. The number of ether oxygens (including phenoxy) is 1. The molecule has 2 aromatic carbocycles. The summed E-state index contributed by atoms with van der Waals surface area (Å²) in [5.74, 6) is -0.643. The van der Waals surface area contributed by atoms with Gasteiger partial charge in [0, 0.05) is 29.3 Å². The van der Waals surface area contributed by atoms with Gasteiger partial charge in [-0.2, -0.15) is 0 Å².